The minimum atomic E-state index is 0.969. The van der Waals surface area contributed by atoms with Crippen molar-refractivity contribution < 1.29 is 4.90 Å². The number of aryl methyl sites for hydroxylation is 2. The van der Waals surface area contributed by atoms with Crippen LogP contribution in [0.4, 0.5) is 5.82 Å². The van der Waals surface area contributed by atoms with Crippen LogP contribution in [0.15, 0.2) is 30.3 Å². The lowest BCUT2D eigenvalue weighted by atomic mass is 10.1. The van der Waals surface area contributed by atoms with Crippen molar-refractivity contribution in [3.05, 3.63) is 47.3 Å². The van der Waals surface area contributed by atoms with Crippen LogP contribution < -0.4 is 10.2 Å². The fraction of sp³-hybridized carbons (Fsp3) is 0.429. The average molecular weight is 350 g/mol. The Morgan fingerprint density at radius 2 is 1.96 bits per heavy atom. The highest BCUT2D eigenvalue weighted by Crippen LogP contribution is 2.34. The summed E-state index contributed by atoms with van der Waals surface area (Å²) in [7, 11) is 4.40. The van der Waals surface area contributed by atoms with Crippen molar-refractivity contribution in [2.45, 2.75) is 32.6 Å². The first-order valence-corrected chi connectivity index (χ1v) is 9.64. The molecule has 136 valence electrons. The minimum absolute atomic E-state index is 0.969. The summed E-state index contributed by atoms with van der Waals surface area (Å²) in [6.45, 7) is 4.22. The number of nitrogens with one attached hydrogen (secondary N) is 2. The van der Waals surface area contributed by atoms with E-state index in [4.69, 9.17) is 10.1 Å². The van der Waals surface area contributed by atoms with Gasteiger partial charge in [0.05, 0.1) is 26.3 Å². The molecule has 0 unspecified atom stereocenters. The lowest BCUT2D eigenvalue weighted by Gasteiger charge is -2.14. The zero-order valence-corrected chi connectivity index (χ0v) is 16.0. The van der Waals surface area contributed by atoms with Gasteiger partial charge in [-0.3, -0.25) is 0 Å². The minimum Gasteiger partial charge on any atom is -0.369 e. The van der Waals surface area contributed by atoms with Crippen molar-refractivity contribution in [3.8, 4) is 11.1 Å². The second-order valence-corrected chi connectivity index (χ2v) is 7.54. The number of rotatable bonds is 6. The first kappa shape index (κ1) is 17.0. The Bertz CT molecular complexity index is 911. The third kappa shape index (κ3) is 3.07. The van der Waals surface area contributed by atoms with E-state index in [1.54, 1.807) is 0 Å². The van der Waals surface area contributed by atoms with Crippen LogP contribution in [0, 0.1) is 6.92 Å². The van der Waals surface area contributed by atoms with E-state index in [0.29, 0.717) is 0 Å². The molecule has 0 radical (unpaired) electrons. The number of nitrogens with zero attached hydrogens (tertiary/aromatic N) is 3. The highest BCUT2D eigenvalue weighted by atomic mass is 15.3. The molecule has 0 saturated heterocycles. The van der Waals surface area contributed by atoms with Crippen molar-refractivity contribution in [2.75, 3.05) is 32.5 Å². The van der Waals surface area contributed by atoms with Crippen molar-refractivity contribution in [3.63, 3.8) is 0 Å². The van der Waals surface area contributed by atoms with Gasteiger partial charge in [0.15, 0.2) is 5.65 Å². The standard InChI is InChI=1S/C21H27N5/c1-15-19(16-9-5-4-6-10-16)21-23-18-12-7-11-17(18)20(26(21)24-15)22-13-8-14-25(2)3/h4-6,9-10,22H,7-8,11-14H2,1-3H3/p+1. The Morgan fingerprint density at radius 3 is 2.73 bits per heavy atom. The normalized spacial score (nSPS) is 13.5. The maximum absolute atomic E-state index is 5.03. The Balaban J connectivity index is 1.78. The number of hydrogen-bond acceptors (Lipinski definition) is 3. The summed E-state index contributed by atoms with van der Waals surface area (Å²) in [5, 5.41) is 8.55. The van der Waals surface area contributed by atoms with Gasteiger partial charge in [-0.2, -0.15) is 9.61 Å². The van der Waals surface area contributed by atoms with Gasteiger partial charge in [0.1, 0.15) is 5.82 Å². The van der Waals surface area contributed by atoms with Crippen LogP contribution in [0.25, 0.3) is 16.8 Å². The predicted octanol–water partition coefficient (Wildman–Crippen LogP) is 2.14. The van der Waals surface area contributed by atoms with Gasteiger partial charge in [0.2, 0.25) is 0 Å². The fourth-order valence-corrected chi connectivity index (χ4v) is 3.91. The zero-order chi connectivity index (χ0) is 18.1. The molecule has 0 spiro atoms. The van der Waals surface area contributed by atoms with Crippen molar-refractivity contribution in [2.24, 2.45) is 0 Å². The molecule has 2 heterocycles. The molecule has 0 amide bonds. The molecule has 1 aromatic carbocycles. The van der Waals surface area contributed by atoms with Crippen molar-refractivity contribution in [1.29, 1.82) is 0 Å². The molecule has 3 aromatic rings. The third-order valence-electron chi connectivity index (χ3n) is 5.17. The van der Waals surface area contributed by atoms with Gasteiger partial charge in [0.25, 0.3) is 0 Å². The molecular formula is C21H28N5+. The van der Waals surface area contributed by atoms with Crippen LogP contribution in [-0.2, 0) is 12.8 Å². The summed E-state index contributed by atoms with van der Waals surface area (Å²) < 4.78 is 2.05. The number of aromatic nitrogens is 3. The van der Waals surface area contributed by atoms with Gasteiger partial charge < -0.3 is 10.2 Å². The Hall–Kier alpha value is -2.40. The van der Waals surface area contributed by atoms with E-state index in [2.05, 4.69) is 56.7 Å². The van der Waals surface area contributed by atoms with Crippen molar-refractivity contribution in [1.82, 2.24) is 14.6 Å². The molecular weight excluding hydrogens is 322 g/mol. The zero-order valence-electron chi connectivity index (χ0n) is 16.0. The molecule has 5 heteroatoms. The largest absolute Gasteiger partial charge is 0.369 e. The van der Waals surface area contributed by atoms with E-state index in [-0.39, 0.29) is 0 Å². The summed E-state index contributed by atoms with van der Waals surface area (Å²) in [5.41, 5.74) is 6.96. The third-order valence-corrected chi connectivity index (χ3v) is 5.17. The molecule has 0 fully saturated rings. The van der Waals surface area contributed by atoms with E-state index in [9.17, 15) is 0 Å². The Kier molecular flexibility index (Phi) is 4.64. The van der Waals surface area contributed by atoms with E-state index < -0.39 is 0 Å². The molecule has 2 N–H and O–H groups in total. The molecule has 5 nitrogen and oxygen atoms in total. The molecule has 1 aliphatic carbocycles. The maximum Gasteiger partial charge on any atom is 0.165 e. The number of benzene rings is 1. The first-order valence-electron chi connectivity index (χ1n) is 9.64. The van der Waals surface area contributed by atoms with Crippen LogP contribution in [0.1, 0.15) is 29.8 Å². The van der Waals surface area contributed by atoms with Gasteiger partial charge >= 0.3 is 0 Å². The molecule has 0 bridgehead atoms. The number of anilines is 1. The molecule has 4 rings (SSSR count). The van der Waals surface area contributed by atoms with Gasteiger partial charge in [-0.1, -0.05) is 30.3 Å². The highest BCUT2D eigenvalue weighted by Gasteiger charge is 2.23. The Morgan fingerprint density at radius 1 is 1.15 bits per heavy atom. The number of fused-ring (bicyclic) bond motifs is 2. The summed E-state index contributed by atoms with van der Waals surface area (Å²) in [6.07, 6.45) is 4.50. The lowest BCUT2D eigenvalue weighted by Crippen LogP contribution is -3.05. The summed E-state index contributed by atoms with van der Waals surface area (Å²) >= 11 is 0. The molecule has 2 aromatic heterocycles. The summed E-state index contributed by atoms with van der Waals surface area (Å²) in [4.78, 5) is 6.51. The van der Waals surface area contributed by atoms with Crippen LogP contribution in [-0.4, -0.2) is 41.8 Å². The van der Waals surface area contributed by atoms with E-state index in [0.717, 1.165) is 55.1 Å². The highest BCUT2D eigenvalue weighted by molar-refractivity contribution is 5.81. The molecule has 0 saturated carbocycles. The van der Waals surface area contributed by atoms with E-state index >= 15 is 0 Å². The number of hydrogen-bond donors (Lipinski definition) is 2. The number of quaternary nitrogens is 1. The van der Waals surface area contributed by atoms with Crippen molar-refractivity contribution >= 4 is 11.5 Å². The van der Waals surface area contributed by atoms with Gasteiger partial charge in [-0.25, -0.2) is 4.98 Å². The molecule has 0 aliphatic heterocycles. The Labute approximate surface area is 155 Å². The van der Waals surface area contributed by atoms with E-state index in [1.165, 1.54) is 28.1 Å². The van der Waals surface area contributed by atoms with Gasteiger partial charge in [-0.05, 0) is 31.7 Å². The lowest BCUT2D eigenvalue weighted by molar-refractivity contribution is -0.858. The molecule has 1 aliphatic rings. The topological polar surface area (TPSA) is 46.7 Å². The average Bonchev–Trinajstić information content (AvgIpc) is 3.22. The monoisotopic (exact) mass is 350 g/mol. The SMILES string of the molecule is Cc1nn2c(NCCC[NH+](C)C)c3c(nc2c1-c1ccccc1)CCC3. The second kappa shape index (κ2) is 7.08. The van der Waals surface area contributed by atoms with Crippen LogP contribution in [0.5, 0.6) is 0 Å². The smallest absolute Gasteiger partial charge is 0.165 e. The summed E-state index contributed by atoms with van der Waals surface area (Å²) in [5.74, 6) is 1.15. The predicted molar refractivity (Wildman–Crippen MR) is 106 cm³/mol. The fourth-order valence-electron chi connectivity index (χ4n) is 3.91. The summed E-state index contributed by atoms with van der Waals surface area (Å²) in [6, 6.07) is 10.5. The first-order chi connectivity index (χ1) is 12.6. The van der Waals surface area contributed by atoms with Crippen LogP contribution >= 0.6 is 0 Å². The van der Waals surface area contributed by atoms with Gasteiger partial charge in [-0.15, -0.1) is 0 Å². The maximum atomic E-state index is 5.03. The van der Waals surface area contributed by atoms with E-state index in [1.807, 2.05) is 4.52 Å². The second-order valence-electron chi connectivity index (χ2n) is 7.54. The van der Waals surface area contributed by atoms with Crippen LogP contribution in [0.2, 0.25) is 0 Å². The quantitative estimate of drug-likeness (QED) is 0.670. The molecule has 26 heavy (non-hydrogen) atoms. The molecule has 0 atom stereocenters. The van der Waals surface area contributed by atoms with Gasteiger partial charge in [0, 0.05) is 29.8 Å². The van der Waals surface area contributed by atoms with Crippen LogP contribution in [0.3, 0.4) is 0 Å².